The molecule has 3 aromatic rings. The van der Waals surface area contributed by atoms with Gasteiger partial charge in [0.2, 0.25) is 5.02 Å². The monoisotopic (exact) mass is 408 g/mol. The molecule has 1 aromatic heterocycles. The molecule has 0 N–H and O–H groups in total. The number of amides is 1. The fraction of sp³-hybridized carbons (Fsp3) is 0.304. The van der Waals surface area contributed by atoms with Gasteiger partial charge in [-0.15, -0.1) is 0 Å². The molecular formula is C23H23ClN3O2+. The average Bonchev–Trinajstić information content (AvgIpc) is 3.47. The van der Waals surface area contributed by atoms with Crippen molar-refractivity contribution in [2.45, 2.75) is 31.9 Å². The number of fused-ring (bicyclic) bond motifs is 1. The molecule has 6 heteroatoms. The van der Waals surface area contributed by atoms with E-state index in [1.165, 1.54) is 0 Å². The molecule has 2 aliphatic rings. The highest BCUT2D eigenvalue weighted by Crippen LogP contribution is 2.29. The van der Waals surface area contributed by atoms with Crippen molar-refractivity contribution in [3.05, 3.63) is 82.1 Å². The van der Waals surface area contributed by atoms with Crippen LogP contribution >= 0.6 is 0 Å². The zero-order chi connectivity index (χ0) is 19.8. The van der Waals surface area contributed by atoms with Crippen LogP contribution in [0, 0.1) is 11.6 Å². The molecule has 3 heterocycles. The summed E-state index contributed by atoms with van der Waals surface area (Å²) in [6.07, 6.45) is 6.69. The van der Waals surface area contributed by atoms with Gasteiger partial charge in [-0.25, -0.2) is 4.68 Å². The third kappa shape index (κ3) is 3.68. The molecule has 0 saturated carbocycles. The fourth-order valence-corrected chi connectivity index (χ4v) is 4.45. The van der Waals surface area contributed by atoms with Gasteiger partial charge < -0.3 is 9.64 Å². The lowest BCUT2D eigenvalue weighted by Crippen LogP contribution is -2.32. The van der Waals surface area contributed by atoms with E-state index in [2.05, 4.69) is 17.2 Å². The van der Waals surface area contributed by atoms with Crippen molar-refractivity contribution in [3.8, 4) is 5.69 Å². The summed E-state index contributed by atoms with van der Waals surface area (Å²) in [7, 11) is 0. The molecule has 1 fully saturated rings. The predicted octanol–water partition coefficient (Wildman–Crippen LogP) is 3.29. The molecule has 2 aromatic carbocycles. The highest BCUT2D eigenvalue weighted by molar-refractivity contribution is 5.98. The lowest BCUT2D eigenvalue weighted by molar-refractivity contribution is -0.290. The highest BCUT2D eigenvalue weighted by Gasteiger charge is 2.32. The van der Waals surface area contributed by atoms with E-state index < -0.39 is 0 Å². The molecule has 29 heavy (non-hydrogen) atoms. The van der Waals surface area contributed by atoms with E-state index in [1.807, 2.05) is 46.1 Å². The molecule has 5 rings (SSSR count). The maximum atomic E-state index is 12.9. The van der Waals surface area contributed by atoms with Gasteiger partial charge in [0.15, 0.2) is 11.6 Å². The van der Waals surface area contributed by atoms with E-state index in [4.69, 9.17) is 16.3 Å². The number of hydrogen-bond acceptors (Lipinski definition) is 3. The van der Waals surface area contributed by atoms with Gasteiger partial charge in [0.25, 0.3) is 5.91 Å². The summed E-state index contributed by atoms with van der Waals surface area (Å²) in [6, 6.07) is 14.2. The maximum Gasteiger partial charge on any atom is 0.254 e. The number of halogens is 1. The third-order valence-electron chi connectivity index (χ3n) is 5.71. The first-order chi connectivity index (χ1) is 14.2. The second kappa shape index (κ2) is 7.65. The van der Waals surface area contributed by atoms with Crippen LogP contribution in [0.25, 0.3) is 5.69 Å². The van der Waals surface area contributed by atoms with Crippen LogP contribution in [-0.2, 0) is 17.7 Å². The molecule has 0 aliphatic carbocycles. The van der Waals surface area contributed by atoms with Crippen LogP contribution in [0.3, 0.4) is 0 Å². The van der Waals surface area contributed by atoms with E-state index in [9.17, 15) is 4.79 Å². The predicted molar refractivity (Wildman–Crippen MR) is 107 cm³/mol. The zero-order valence-electron chi connectivity index (χ0n) is 16.1. The highest BCUT2D eigenvalue weighted by atomic mass is 35.5. The number of carbonyl (C=O) groups is 1. The molecule has 148 valence electrons. The number of benzene rings is 2. The maximum absolute atomic E-state index is 12.9. The van der Waals surface area contributed by atoms with Crippen molar-refractivity contribution in [1.29, 1.82) is 0 Å². The first kappa shape index (κ1) is 18.4. The largest absolute Gasteiger partial charge is 0.376 e. The smallest absolute Gasteiger partial charge is 0.254 e. The molecule has 0 radical (unpaired) electrons. The first-order valence-corrected chi connectivity index (χ1v) is 10.4. The summed E-state index contributed by atoms with van der Waals surface area (Å²) in [5.41, 5.74) is 5.04. The quantitative estimate of drug-likeness (QED) is 0.650. The van der Waals surface area contributed by atoms with Crippen LogP contribution in [0.1, 0.15) is 39.9 Å². The van der Waals surface area contributed by atoms with E-state index >= 15 is 0 Å². The Balaban J connectivity index is 1.33. The first-order valence-electron chi connectivity index (χ1n) is 10.00. The van der Waals surface area contributed by atoms with E-state index in [0.717, 1.165) is 52.4 Å². The minimum atomic E-state index is 0.0979. The second-order valence-corrected chi connectivity index (χ2v) is 8.17. The van der Waals surface area contributed by atoms with Gasteiger partial charge >= 0.3 is 0 Å². The number of rotatable bonds is 5. The van der Waals surface area contributed by atoms with Crippen LogP contribution in [0.15, 0.2) is 54.9 Å². The van der Waals surface area contributed by atoms with Crippen molar-refractivity contribution in [3.63, 3.8) is 0 Å². The SMILES string of the molecule is O=C1c2cc(Cc3ccc(-n4cccn4)cc3)c([ClH+])cc2CN1CC1CCCO1. The van der Waals surface area contributed by atoms with E-state index in [1.54, 1.807) is 6.20 Å². The van der Waals surface area contributed by atoms with Crippen molar-refractivity contribution >= 4 is 5.91 Å². The zero-order valence-corrected chi connectivity index (χ0v) is 16.9. The van der Waals surface area contributed by atoms with Crippen LogP contribution in [-0.4, -0.2) is 39.8 Å². The van der Waals surface area contributed by atoms with Crippen molar-refractivity contribution in [1.82, 2.24) is 14.7 Å². The number of aromatic nitrogens is 2. The Morgan fingerprint density at radius 2 is 2.07 bits per heavy atom. The van der Waals surface area contributed by atoms with Crippen LogP contribution < -0.4 is 0 Å². The molecule has 1 amide bonds. The van der Waals surface area contributed by atoms with Gasteiger partial charge in [-0.3, -0.25) is 4.79 Å². The topological polar surface area (TPSA) is 47.4 Å². The summed E-state index contributed by atoms with van der Waals surface area (Å²) in [4.78, 5) is 14.8. The molecule has 1 saturated heterocycles. The Morgan fingerprint density at radius 3 is 2.79 bits per heavy atom. The molecule has 0 spiro atoms. The molecular weight excluding hydrogens is 386 g/mol. The van der Waals surface area contributed by atoms with Crippen molar-refractivity contribution in [2.75, 3.05) is 13.2 Å². The average molecular weight is 409 g/mol. The van der Waals surface area contributed by atoms with Gasteiger partial charge in [-0.1, -0.05) is 12.1 Å². The number of hydrogen-bond donors (Lipinski definition) is 0. The van der Waals surface area contributed by atoms with Gasteiger partial charge in [0.05, 0.1) is 11.8 Å². The lowest BCUT2D eigenvalue weighted by atomic mass is 10.00. The van der Waals surface area contributed by atoms with Crippen molar-refractivity contribution in [2.24, 2.45) is 0 Å². The Kier molecular flexibility index (Phi) is 4.86. The number of nitrogens with zero attached hydrogens (tertiary/aromatic N) is 3. The molecule has 1 atom stereocenters. The normalized spacial score (nSPS) is 18.4. The van der Waals surface area contributed by atoms with E-state index in [-0.39, 0.29) is 12.0 Å². The Hall–Kier alpha value is -2.63. The minimum absolute atomic E-state index is 0.0979. The van der Waals surface area contributed by atoms with Crippen LogP contribution in [0.2, 0.25) is 5.02 Å². The lowest BCUT2D eigenvalue weighted by Gasteiger charge is -2.19. The van der Waals surface area contributed by atoms with E-state index in [0.29, 0.717) is 19.5 Å². The number of ether oxygens (including phenoxy) is 1. The minimum Gasteiger partial charge on any atom is -0.376 e. The van der Waals surface area contributed by atoms with Gasteiger partial charge in [0.1, 0.15) is 0 Å². The van der Waals surface area contributed by atoms with Crippen LogP contribution in [0.5, 0.6) is 0 Å². The summed E-state index contributed by atoms with van der Waals surface area (Å²) < 4.78 is 7.54. The van der Waals surface area contributed by atoms with Gasteiger partial charge in [-0.2, -0.15) is 5.10 Å². The van der Waals surface area contributed by atoms with Crippen molar-refractivity contribution < 1.29 is 21.1 Å². The summed E-state index contributed by atoms with van der Waals surface area (Å²) in [6.45, 7) is 2.11. The molecule has 2 aliphatic heterocycles. The molecule has 5 nitrogen and oxygen atoms in total. The molecule has 1 unspecified atom stereocenters. The van der Waals surface area contributed by atoms with Gasteiger partial charge in [-0.05, 0) is 48.2 Å². The Morgan fingerprint density at radius 1 is 1.21 bits per heavy atom. The summed E-state index contributed by atoms with van der Waals surface area (Å²) in [5.74, 6) is 0.0979. The fourth-order valence-electron chi connectivity index (χ4n) is 4.17. The summed E-state index contributed by atoms with van der Waals surface area (Å²) in [5, 5.41) is 5.08. The second-order valence-electron chi connectivity index (χ2n) is 7.73. The summed E-state index contributed by atoms with van der Waals surface area (Å²) >= 11 is 5.64. The van der Waals surface area contributed by atoms with Crippen LogP contribution in [0.4, 0.5) is 0 Å². The Labute approximate surface area is 174 Å². The standard InChI is InChI=1S/C23H23ClN3O2/c24-22-13-18-14-26(15-20-3-1-10-29-20)23(28)21(18)12-17(22)11-16-4-6-19(7-5-16)27-9-2-8-25-27/h2,4-9,12-13,20,24H,1,3,10-11,14-15H2/q+1. The number of carbonyl (C=O) groups excluding carboxylic acids is 1. The Bertz CT molecular complexity index is 1030. The molecule has 0 bridgehead atoms. The van der Waals surface area contributed by atoms with Gasteiger partial charge in [0, 0.05) is 55.7 Å². The third-order valence-corrected chi connectivity index (χ3v) is 6.09.